The van der Waals surface area contributed by atoms with E-state index < -0.39 is 5.60 Å². The first-order chi connectivity index (χ1) is 7.75. The van der Waals surface area contributed by atoms with Crippen molar-refractivity contribution in [3.8, 4) is 0 Å². The van der Waals surface area contributed by atoms with Crippen LogP contribution in [0.5, 0.6) is 0 Å². The van der Waals surface area contributed by atoms with Gasteiger partial charge in [0.2, 0.25) is 0 Å². The molecule has 0 radical (unpaired) electrons. The van der Waals surface area contributed by atoms with E-state index in [1.165, 1.54) is 13.8 Å². The van der Waals surface area contributed by atoms with Gasteiger partial charge in [0.05, 0.1) is 0 Å². The monoisotopic (exact) mass is 253 g/mol. The van der Waals surface area contributed by atoms with Crippen LogP contribution in [-0.2, 0) is 4.79 Å². The molecule has 1 aliphatic rings. The molecule has 0 saturated carbocycles. The molecule has 1 heterocycles. The summed E-state index contributed by atoms with van der Waals surface area (Å²) in [5.41, 5.74) is -0.0431. The second-order valence-corrected chi connectivity index (χ2v) is 5.57. The number of nitrogens with zero attached hydrogens (tertiary/aromatic N) is 1. The van der Waals surface area contributed by atoms with Gasteiger partial charge in [0.25, 0.3) is 0 Å². The predicted octanol–water partition coefficient (Wildman–Crippen LogP) is 2.52. The number of rotatable bonds is 3. The average Bonchev–Trinajstić information content (AvgIpc) is 2.19. The number of hydrogen-bond donors (Lipinski definition) is 2. The van der Waals surface area contributed by atoms with Crippen LogP contribution in [0.2, 0.25) is 0 Å². The third-order valence-electron chi connectivity index (χ3n) is 2.74. The van der Waals surface area contributed by atoms with E-state index in [-0.39, 0.29) is 11.7 Å². The minimum absolute atomic E-state index is 0.218. The molecule has 0 bridgehead atoms. The molecular formula is C13H19NO2S. The first-order valence-electron chi connectivity index (χ1n) is 5.64. The molecule has 0 aromatic heterocycles. The minimum atomic E-state index is -1.39. The Balaban J connectivity index is 3.22. The molecule has 4 heteroatoms. The Labute approximate surface area is 108 Å². The molecule has 0 saturated heterocycles. The second kappa shape index (κ2) is 5.19. The standard InChI is InChI=1S/C13H19NO2S/c1-8-5-6-14-7-10(8)11(9(2)17)12(15)13(3,4)16/h6-8,16-17H,5H2,1-4H3. The van der Waals surface area contributed by atoms with Gasteiger partial charge < -0.3 is 5.11 Å². The fraction of sp³-hybridized carbons (Fsp3) is 0.538. The first kappa shape index (κ1) is 14.2. The van der Waals surface area contributed by atoms with E-state index in [1.54, 1.807) is 13.1 Å². The topological polar surface area (TPSA) is 49.7 Å². The normalized spacial score (nSPS) is 22.0. The fourth-order valence-corrected chi connectivity index (χ4v) is 1.96. The van der Waals surface area contributed by atoms with Crippen molar-refractivity contribution < 1.29 is 9.90 Å². The van der Waals surface area contributed by atoms with Gasteiger partial charge in [-0.15, -0.1) is 12.6 Å². The summed E-state index contributed by atoms with van der Waals surface area (Å²) in [6.07, 6.45) is 4.32. The van der Waals surface area contributed by atoms with Crippen molar-refractivity contribution in [1.29, 1.82) is 0 Å². The van der Waals surface area contributed by atoms with E-state index in [1.807, 2.05) is 13.1 Å². The molecule has 3 nitrogen and oxygen atoms in total. The Morgan fingerprint density at radius 1 is 1.59 bits per heavy atom. The molecule has 1 rings (SSSR count). The number of carbonyl (C=O) groups excluding carboxylic acids is 1. The Kier molecular flexibility index (Phi) is 4.33. The molecule has 1 atom stereocenters. The maximum atomic E-state index is 12.2. The maximum Gasteiger partial charge on any atom is 0.194 e. The zero-order valence-electron chi connectivity index (χ0n) is 10.7. The van der Waals surface area contributed by atoms with Crippen LogP contribution >= 0.6 is 12.6 Å². The molecule has 17 heavy (non-hydrogen) atoms. The molecule has 1 unspecified atom stereocenters. The molecule has 0 fully saturated rings. The van der Waals surface area contributed by atoms with E-state index in [0.29, 0.717) is 10.5 Å². The smallest absolute Gasteiger partial charge is 0.194 e. The lowest BCUT2D eigenvalue weighted by atomic mass is 9.84. The van der Waals surface area contributed by atoms with Crippen LogP contribution in [0.25, 0.3) is 0 Å². The van der Waals surface area contributed by atoms with Crippen molar-refractivity contribution in [2.75, 3.05) is 0 Å². The summed E-state index contributed by atoms with van der Waals surface area (Å²) in [6, 6.07) is 0. The molecular weight excluding hydrogens is 234 g/mol. The minimum Gasteiger partial charge on any atom is -0.382 e. The summed E-state index contributed by atoms with van der Waals surface area (Å²) in [5.74, 6) is -0.0869. The SMILES string of the molecule is CC(S)=C(C(=O)C(C)(C)O)C1=CN=CCC1C. The van der Waals surface area contributed by atoms with Crippen LogP contribution in [-0.4, -0.2) is 22.7 Å². The van der Waals surface area contributed by atoms with Gasteiger partial charge in [0.15, 0.2) is 5.78 Å². The molecule has 0 spiro atoms. The molecule has 0 aromatic rings. The van der Waals surface area contributed by atoms with Gasteiger partial charge in [-0.25, -0.2) is 0 Å². The van der Waals surface area contributed by atoms with Crippen LogP contribution in [0, 0.1) is 5.92 Å². The van der Waals surface area contributed by atoms with Crippen LogP contribution in [0.4, 0.5) is 0 Å². The number of aliphatic hydroxyl groups is 1. The summed E-state index contributed by atoms with van der Waals surface area (Å²) < 4.78 is 0. The van der Waals surface area contributed by atoms with Gasteiger partial charge in [-0.1, -0.05) is 6.92 Å². The third kappa shape index (κ3) is 3.30. The van der Waals surface area contributed by atoms with Crippen molar-refractivity contribution in [3.05, 3.63) is 22.3 Å². The Morgan fingerprint density at radius 2 is 2.18 bits per heavy atom. The highest BCUT2D eigenvalue weighted by atomic mass is 32.1. The summed E-state index contributed by atoms with van der Waals surface area (Å²) in [7, 11) is 0. The number of allylic oxidation sites excluding steroid dienone is 2. The van der Waals surface area contributed by atoms with Gasteiger partial charge in [0.1, 0.15) is 5.60 Å². The summed E-state index contributed by atoms with van der Waals surface area (Å²) in [6.45, 7) is 6.77. The quantitative estimate of drug-likeness (QED) is 0.600. The molecule has 0 amide bonds. The lowest BCUT2D eigenvalue weighted by Crippen LogP contribution is -2.34. The van der Waals surface area contributed by atoms with Crippen LogP contribution < -0.4 is 0 Å². The van der Waals surface area contributed by atoms with Crippen LogP contribution in [0.1, 0.15) is 34.1 Å². The Morgan fingerprint density at radius 3 is 2.59 bits per heavy atom. The molecule has 1 aliphatic heterocycles. The predicted molar refractivity (Wildman–Crippen MR) is 73.3 cm³/mol. The summed E-state index contributed by atoms with van der Waals surface area (Å²) in [5, 5.41) is 9.84. The van der Waals surface area contributed by atoms with E-state index in [0.717, 1.165) is 12.0 Å². The lowest BCUT2D eigenvalue weighted by molar-refractivity contribution is -0.129. The zero-order chi connectivity index (χ0) is 13.2. The van der Waals surface area contributed by atoms with Gasteiger partial charge in [-0.2, -0.15) is 0 Å². The van der Waals surface area contributed by atoms with E-state index in [2.05, 4.69) is 17.6 Å². The van der Waals surface area contributed by atoms with Gasteiger partial charge in [-0.05, 0) is 43.6 Å². The first-order valence-corrected chi connectivity index (χ1v) is 6.09. The number of ketones is 1. The van der Waals surface area contributed by atoms with Crippen molar-refractivity contribution in [3.63, 3.8) is 0 Å². The average molecular weight is 253 g/mol. The summed E-state index contributed by atoms with van der Waals surface area (Å²) in [4.78, 5) is 16.9. The van der Waals surface area contributed by atoms with Crippen molar-refractivity contribution in [2.45, 2.75) is 39.7 Å². The van der Waals surface area contributed by atoms with Crippen LogP contribution in [0.3, 0.4) is 0 Å². The summed E-state index contributed by atoms with van der Waals surface area (Å²) >= 11 is 4.27. The molecule has 0 aromatic carbocycles. The van der Waals surface area contributed by atoms with E-state index in [4.69, 9.17) is 0 Å². The van der Waals surface area contributed by atoms with Gasteiger partial charge >= 0.3 is 0 Å². The number of aliphatic imine (C=N–C) groups is 1. The molecule has 1 N–H and O–H groups in total. The number of thiol groups is 1. The van der Waals surface area contributed by atoms with Crippen molar-refractivity contribution in [1.82, 2.24) is 0 Å². The van der Waals surface area contributed by atoms with Crippen molar-refractivity contribution in [2.24, 2.45) is 10.9 Å². The second-order valence-electron chi connectivity index (χ2n) is 4.90. The lowest BCUT2D eigenvalue weighted by Gasteiger charge is -2.24. The highest BCUT2D eigenvalue weighted by Crippen LogP contribution is 2.31. The maximum absolute atomic E-state index is 12.2. The van der Waals surface area contributed by atoms with Gasteiger partial charge in [-0.3, -0.25) is 9.79 Å². The zero-order valence-corrected chi connectivity index (χ0v) is 11.6. The number of Topliss-reactive ketones (excluding diaryl/α,β-unsaturated/α-hetero) is 1. The Bertz CT molecular complexity index is 410. The third-order valence-corrected chi connectivity index (χ3v) is 2.97. The van der Waals surface area contributed by atoms with Gasteiger partial charge in [0, 0.05) is 18.0 Å². The van der Waals surface area contributed by atoms with Crippen LogP contribution in [0.15, 0.2) is 27.2 Å². The fourth-order valence-electron chi connectivity index (χ4n) is 1.73. The number of hydrogen-bond acceptors (Lipinski definition) is 4. The Hall–Kier alpha value is -0.870. The highest BCUT2D eigenvalue weighted by Gasteiger charge is 2.32. The number of carbonyl (C=O) groups is 1. The van der Waals surface area contributed by atoms with E-state index in [9.17, 15) is 9.90 Å². The largest absolute Gasteiger partial charge is 0.382 e. The highest BCUT2D eigenvalue weighted by molar-refractivity contribution is 7.84. The molecule has 0 aliphatic carbocycles. The van der Waals surface area contributed by atoms with Crippen molar-refractivity contribution >= 4 is 24.6 Å². The van der Waals surface area contributed by atoms with E-state index >= 15 is 0 Å². The molecule has 94 valence electrons.